The van der Waals surface area contributed by atoms with Crippen molar-refractivity contribution in [3.63, 3.8) is 0 Å². The van der Waals surface area contributed by atoms with Crippen molar-refractivity contribution in [2.24, 2.45) is 10.4 Å². The molecule has 0 bridgehead atoms. The normalized spacial score (nSPS) is 17.0. The van der Waals surface area contributed by atoms with Crippen LogP contribution in [0.1, 0.15) is 76.0 Å². The third kappa shape index (κ3) is 7.93. The van der Waals surface area contributed by atoms with E-state index in [1.165, 1.54) is 29.6 Å². The zero-order valence-electron chi connectivity index (χ0n) is 21.8. The highest BCUT2D eigenvalue weighted by molar-refractivity contribution is 9.12. The molecule has 1 atom stereocenters. The number of hydrogen-bond donors (Lipinski definition) is 1. The number of hydrogen-bond acceptors (Lipinski definition) is 3. The summed E-state index contributed by atoms with van der Waals surface area (Å²) in [5.41, 5.74) is 8.95. The van der Waals surface area contributed by atoms with Crippen LogP contribution in [0.25, 0.3) is 0 Å². The third-order valence-corrected chi connectivity index (χ3v) is 7.45. The van der Waals surface area contributed by atoms with Crippen molar-refractivity contribution in [3.8, 4) is 6.07 Å². The maximum atomic E-state index is 9.33. The molecule has 1 N–H and O–H groups in total. The number of nitriles is 1. The summed E-state index contributed by atoms with van der Waals surface area (Å²) in [7, 11) is 1.83. The Hall–Kier alpha value is -2.22. The topological polar surface area (TPSA) is 48.2 Å². The Morgan fingerprint density at radius 2 is 2.00 bits per heavy atom. The fourth-order valence-corrected chi connectivity index (χ4v) is 5.00. The molecule has 0 aliphatic heterocycles. The lowest BCUT2D eigenvalue weighted by molar-refractivity contribution is 0.501. The molecule has 0 saturated heterocycles. The van der Waals surface area contributed by atoms with Crippen molar-refractivity contribution in [2.75, 3.05) is 20.1 Å². The Bertz CT molecular complexity index is 1060. The fourth-order valence-electron chi connectivity index (χ4n) is 4.08. The van der Waals surface area contributed by atoms with Gasteiger partial charge in [0.15, 0.2) is 0 Å². The van der Waals surface area contributed by atoms with Crippen molar-refractivity contribution < 1.29 is 0 Å². The molecule has 1 aromatic rings. The van der Waals surface area contributed by atoms with Gasteiger partial charge in [-0.1, -0.05) is 66.2 Å². The number of allylic oxidation sites excluding steroid dienone is 5. The molecule has 1 aliphatic carbocycles. The molecule has 0 amide bonds. The second kappa shape index (κ2) is 12.5. The molecule has 0 aromatic heterocycles. The molecule has 34 heavy (non-hydrogen) atoms. The van der Waals surface area contributed by atoms with E-state index in [2.05, 4.69) is 79.2 Å². The SMILES string of the molecule is C=C(CCNCC1(C)CC1)C/C(C(=C)C)=C(C(/C)=N\C)\C(Br)=C/C(C)c1cc(C#N)ccc1C. The lowest BCUT2D eigenvalue weighted by atomic mass is 9.89. The molecule has 0 radical (unpaired) electrons. The van der Waals surface area contributed by atoms with E-state index in [0.717, 1.165) is 52.8 Å². The van der Waals surface area contributed by atoms with E-state index in [1.54, 1.807) is 0 Å². The number of nitrogens with one attached hydrogen (secondary N) is 1. The van der Waals surface area contributed by atoms with Gasteiger partial charge in [0.2, 0.25) is 0 Å². The van der Waals surface area contributed by atoms with Gasteiger partial charge in [-0.2, -0.15) is 5.26 Å². The van der Waals surface area contributed by atoms with E-state index in [0.29, 0.717) is 11.0 Å². The standard InChI is InChI=1S/C30H40BrN3/c1-20(2)26(15-21(3)11-14-34-19-30(7)12-13-30)29(24(6)33-8)28(31)16-23(5)27-17-25(18-32)10-9-22(27)4/h9-10,16-17,23,34H,1,3,11-15,19H2,2,4-8H3/b28-16+,29-26+,33-24-. The van der Waals surface area contributed by atoms with Gasteiger partial charge in [-0.3, -0.25) is 4.99 Å². The van der Waals surface area contributed by atoms with E-state index in [4.69, 9.17) is 0 Å². The zero-order chi connectivity index (χ0) is 25.5. The first-order chi connectivity index (χ1) is 16.0. The molecule has 2 rings (SSSR count). The summed E-state index contributed by atoms with van der Waals surface area (Å²) in [6.45, 7) is 21.4. The first-order valence-electron chi connectivity index (χ1n) is 12.1. The summed E-state index contributed by atoms with van der Waals surface area (Å²) in [6.07, 6.45) is 6.59. The molecular weight excluding hydrogens is 482 g/mol. The summed E-state index contributed by atoms with van der Waals surface area (Å²) in [5.74, 6) is 0.130. The van der Waals surface area contributed by atoms with Gasteiger partial charge in [-0.05, 0) is 87.2 Å². The Morgan fingerprint density at radius 3 is 2.56 bits per heavy atom. The van der Waals surface area contributed by atoms with Crippen molar-refractivity contribution in [1.29, 1.82) is 5.26 Å². The van der Waals surface area contributed by atoms with Gasteiger partial charge in [-0.25, -0.2) is 0 Å². The molecular formula is C30H40BrN3. The van der Waals surface area contributed by atoms with Crippen molar-refractivity contribution >= 4 is 21.6 Å². The fraction of sp³-hybridized carbons (Fsp3) is 0.467. The molecule has 0 spiro atoms. The summed E-state index contributed by atoms with van der Waals surface area (Å²) >= 11 is 3.87. The second-order valence-electron chi connectivity index (χ2n) is 10.1. The second-order valence-corrected chi connectivity index (χ2v) is 10.9. The predicted octanol–water partition coefficient (Wildman–Crippen LogP) is 7.94. The average Bonchev–Trinajstić information content (AvgIpc) is 3.53. The molecule has 1 aromatic carbocycles. The van der Waals surface area contributed by atoms with E-state index < -0.39 is 0 Å². The van der Waals surface area contributed by atoms with Crippen LogP contribution in [0.4, 0.5) is 0 Å². The van der Waals surface area contributed by atoms with Gasteiger partial charge in [0.25, 0.3) is 0 Å². The van der Waals surface area contributed by atoms with E-state index in [9.17, 15) is 5.26 Å². The summed E-state index contributed by atoms with van der Waals surface area (Å²) in [6, 6.07) is 8.12. The maximum absolute atomic E-state index is 9.33. The van der Waals surface area contributed by atoms with Gasteiger partial charge in [0.1, 0.15) is 0 Å². The largest absolute Gasteiger partial charge is 0.316 e. The average molecular weight is 523 g/mol. The van der Waals surface area contributed by atoms with E-state index in [1.807, 2.05) is 32.2 Å². The van der Waals surface area contributed by atoms with E-state index >= 15 is 0 Å². The smallest absolute Gasteiger partial charge is 0.0991 e. The van der Waals surface area contributed by atoms with Crippen LogP contribution in [0.15, 0.2) is 69.2 Å². The number of aryl methyl sites for hydroxylation is 1. The number of benzene rings is 1. The minimum absolute atomic E-state index is 0.130. The first kappa shape index (κ1) is 28.0. The highest BCUT2D eigenvalue weighted by Gasteiger charge is 2.36. The maximum Gasteiger partial charge on any atom is 0.0991 e. The first-order valence-corrected chi connectivity index (χ1v) is 12.9. The summed E-state index contributed by atoms with van der Waals surface area (Å²) in [4.78, 5) is 4.52. The van der Waals surface area contributed by atoms with Crippen LogP contribution in [-0.4, -0.2) is 25.8 Å². The molecule has 1 aliphatic rings. The van der Waals surface area contributed by atoms with Crippen LogP contribution < -0.4 is 5.32 Å². The quantitative estimate of drug-likeness (QED) is 0.131. The highest BCUT2D eigenvalue weighted by atomic mass is 79.9. The minimum Gasteiger partial charge on any atom is -0.316 e. The number of aliphatic imine (C=N–C) groups is 1. The van der Waals surface area contributed by atoms with Gasteiger partial charge < -0.3 is 5.32 Å². The Balaban J connectivity index is 2.29. The monoisotopic (exact) mass is 521 g/mol. The van der Waals surface area contributed by atoms with Crippen molar-refractivity contribution in [2.45, 2.75) is 66.2 Å². The van der Waals surface area contributed by atoms with Crippen molar-refractivity contribution in [3.05, 3.63) is 80.9 Å². The lowest BCUT2D eigenvalue weighted by Gasteiger charge is -2.19. The molecule has 1 fully saturated rings. The number of nitrogens with zero attached hydrogens (tertiary/aromatic N) is 2. The molecule has 4 heteroatoms. The summed E-state index contributed by atoms with van der Waals surface area (Å²) < 4.78 is 0.996. The van der Waals surface area contributed by atoms with Gasteiger partial charge in [-0.15, -0.1) is 0 Å². The molecule has 1 saturated carbocycles. The van der Waals surface area contributed by atoms with Gasteiger partial charge >= 0.3 is 0 Å². The summed E-state index contributed by atoms with van der Waals surface area (Å²) in [5, 5.41) is 12.9. The van der Waals surface area contributed by atoms with Gasteiger partial charge in [0, 0.05) is 35.3 Å². The van der Waals surface area contributed by atoms with Crippen LogP contribution in [0, 0.1) is 23.7 Å². The van der Waals surface area contributed by atoms with Crippen LogP contribution in [-0.2, 0) is 0 Å². The molecule has 182 valence electrons. The lowest BCUT2D eigenvalue weighted by Crippen LogP contribution is -2.23. The Kier molecular flexibility index (Phi) is 10.3. The van der Waals surface area contributed by atoms with Crippen LogP contribution in [0.2, 0.25) is 0 Å². The number of rotatable bonds is 12. The zero-order valence-corrected chi connectivity index (χ0v) is 23.4. The minimum atomic E-state index is 0.130. The highest BCUT2D eigenvalue weighted by Crippen LogP contribution is 2.44. The van der Waals surface area contributed by atoms with Gasteiger partial charge in [0.05, 0.1) is 11.6 Å². The van der Waals surface area contributed by atoms with Crippen LogP contribution in [0.5, 0.6) is 0 Å². The van der Waals surface area contributed by atoms with Crippen molar-refractivity contribution in [1.82, 2.24) is 5.32 Å². The Morgan fingerprint density at radius 1 is 1.32 bits per heavy atom. The third-order valence-electron chi connectivity index (χ3n) is 6.79. The molecule has 0 heterocycles. The molecule has 1 unspecified atom stereocenters. The van der Waals surface area contributed by atoms with Crippen LogP contribution in [0.3, 0.4) is 0 Å². The molecule has 3 nitrogen and oxygen atoms in total. The van der Waals surface area contributed by atoms with Crippen LogP contribution >= 0.6 is 15.9 Å². The van der Waals surface area contributed by atoms with E-state index in [-0.39, 0.29) is 5.92 Å². The number of halogens is 1. The Labute approximate surface area is 215 Å². The predicted molar refractivity (Wildman–Crippen MR) is 151 cm³/mol.